The molecule has 0 fully saturated rings. The van der Waals surface area contributed by atoms with Gasteiger partial charge in [-0.2, -0.15) is 13.2 Å². The van der Waals surface area contributed by atoms with Crippen molar-refractivity contribution in [1.29, 1.82) is 0 Å². The summed E-state index contributed by atoms with van der Waals surface area (Å²) in [4.78, 5) is 15.3. The molecular weight excluding hydrogens is 211 g/mol. The fourth-order valence-electron chi connectivity index (χ4n) is 1.41. The van der Waals surface area contributed by atoms with Gasteiger partial charge in [0, 0.05) is 0 Å². The Kier molecular flexibility index (Phi) is 2.15. The summed E-state index contributed by atoms with van der Waals surface area (Å²) in [6, 6.07) is 3.53. The number of carbonyl (C=O) groups excluding carboxylic acids is 1. The Morgan fingerprint density at radius 2 is 1.93 bits per heavy atom. The first kappa shape index (κ1) is 9.97. The minimum atomic E-state index is -4.49. The SMILES string of the molecule is O=C1ONC(C(F)(F)F)c2ccccc21. The van der Waals surface area contributed by atoms with Gasteiger partial charge >= 0.3 is 12.1 Å². The summed E-state index contributed by atoms with van der Waals surface area (Å²) < 4.78 is 37.5. The van der Waals surface area contributed by atoms with Crippen molar-refractivity contribution in [3.63, 3.8) is 0 Å². The molecule has 0 aliphatic carbocycles. The second kappa shape index (κ2) is 3.23. The first-order valence-corrected chi connectivity index (χ1v) is 4.12. The molecule has 6 heteroatoms. The maximum Gasteiger partial charge on any atom is 0.411 e. The Morgan fingerprint density at radius 1 is 1.27 bits per heavy atom. The van der Waals surface area contributed by atoms with Crippen LogP contribution in [0.25, 0.3) is 0 Å². The van der Waals surface area contributed by atoms with Gasteiger partial charge in [-0.05, 0) is 11.6 Å². The zero-order valence-electron chi connectivity index (χ0n) is 7.34. The molecule has 0 saturated carbocycles. The highest BCUT2D eigenvalue weighted by Crippen LogP contribution is 2.36. The van der Waals surface area contributed by atoms with Crippen LogP contribution >= 0.6 is 0 Å². The third-order valence-corrected chi connectivity index (χ3v) is 2.09. The average molecular weight is 217 g/mol. The van der Waals surface area contributed by atoms with Crippen molar-refractivity contribution in [2.45, 2.75) is 12.2 Å². The second-order valence-corrected chi connectivity index (χ2v) is 3.07. The maximum atomic E-state index is 12.5. The monoisotopic (exact) mass is 217 g/mol. The van der Waals surface area contributed by atoms with E-state index in [1.165, 1.54) is 24.3 Å². The van der Waals surface area contributed by atoms with E-state index in [0.29, 0.717) is 0 Å². The van der Waals surface area contributed by atoms with Crippen LogP contribution in [0.1, 0.15) is 22.0 Å². The number of rotatable bonds is 0. The molecule has 0 bridgehead atoms. The van der Waals surface area contributed by atoms with Gasteiger partial charge < -0.3 is 4.84 Å². The Balaban J connectivity index is 2.50. The van der Waals surface area contributed by atoms with Crippen molar-refractivity contribution < 1.29 is 22.8 Å². The van der Waals surface area contributed by atoms with Gasteiger partial charge in [0.25, 0.3) is 0 Å². The quantitative estimate of drug-likeness (QED) is 0.721. The van der Waals surface area contributed by atoms with Crippen LogP contribution in [-0.4, -0.2) is 12.1 Å². The van der Waals surface area contributed by atoms with Crippen molar-refractivity contribution in [2.24, 2.45) is 0 Å². The third-order valence-electron chi connectivity index (χ3n) is 2.09. The van der Waals surface area contributed by atoms with Crippen LogP contribution in [0.2, 0.25) is 0 Å². The molecule has 3 nitrogen and oxygen atoms in total. The van der Waals surface area contributed by atoms with Gasteiger partial charge in [0.05, 0.1) is 5.56 Å². The Hall–Kier alpha value is -1.56. The van der Waals surface area contributed by atoms with Gasteiger partial charge in [-0.25, -0.2) is 4.79 Å². The van der Waals surface area contributed by atoms with E-state index in [0.717, 1.165) is 0 Å². The van der Waals surface area contributed by atoms with Crippen LogP contribution in [-0.2, 0) is 4.84 Å². The molecule has 0 spiro atoms. The summed E-state index contributed by atoms with van der Waals surface area (Å²) in [6.45, 7) is 0. The summed E-state index contributed by atoms with van der Waals surface area (Å²) >= 11 is 0. The summed E-state index contributed by atoms with van der Waals surface area (Å²) in [6.07, 6.45) is -4.49. The summed E-state index contributed by atoms with van der Waals surface area (Å²) in [5.41, 5.74) is 1.52. The second-order valence-electron chi connectivity index (χ2n) is 3.07. The van der Waals surface area contributed by atoms with Crippen LogP contribution in [0.3, 0.4) is 0 Å². The maximum absolute atomic E-state index is 12.5. The number of hydroxylamine groups is 1. The molecule has 2 rings (SSSR count). The van der Waals surface area contributed by atoms with E-state index in [2.05, 4.69) is 4.84 Å². The van der Waals surface area contributed by atoms with Crippen molar-refractivity contribution in [3.8, 4) is 0 Å². The van der Waals surface area contributed by atoms with E-state index in [1.54, 1.807) is 5.48 Å². The van der Waals surface area contributed by atoms with Crippen molar-refractivity contribution in [1.82, 2.24) is 5.48 Å². The third kappa shape index (κ3) is 1.68. The van der Waals surface area contributed by atoms with Gasteiger partial charge in [-0.3, -0.25) is 0 Å². The van der Waals surface area contributed by atoms with Crippen molar-refractivity contribution in [3.05, 3.63) is 35.4 Å². The lowest BCUT2D eigenvalue weighted by Crippen LogP contribution is -2.40. The van der Waals surface area contributed by atoms with Gasteiger partial charge in [0.1, 0.15) is 0 Å². The molecular formula is C9H6F3NO2. The lowest BCUT2D eigenvalue weighted by Gasteiger charge is -2.26. The normalized spacial score (nSPS) is 20.7. The standard InChI is InChI=1S/C9H6F3NO2/c10-9(11,12)7-5-3-1-2-4-6(5)8(14)15-13-7/h1-4,7,13H. The fourth-order valence-corrected chi connectivity index (χ4v) is 1.41. The Bertz CT molecular complexity index is 403. The van der Waals surface area contributed by atoms with Gasteiger partial charge in [0.2, 0.25) is 0 Å². The van der Waals surface area contributed by atoms with Crippen molar-refractivity contribution in [2.75, 3.05) is 0 Å². The lowest BCUT2D eigenvalue weighted by molar-refractivity contribution is -0.181. The Morgan fingerprint density at radius 3 is 2.60 bits per heavy atom. The van der Waals surface area contributed by atoms with Crippen LogP contribution < -0.4 is 5.48 Å². The molecule has 80 valence electrons. The minimum absolute atomic E-state index is 0.0569. The van der Waals surface area contributed by atoms with Crippen LogP contribution in [0, 0.1) is 0 Å². The van der Waals surface area contributed by atoms with Gasteiger partial charge in [0.15, 0.2) is 6.04 Å². The first-order chi connectivity index (χ1) is 7.00. The van der Waals surface area contributed by atoms with E-state index >= 15 is 0 Å². The van der Waals surface area contributed by atoms with E-state index in [9.17, 15) is 18.0 Å². The van der Waals surface area contributed by atoms with E-state index < -0.39 is 18.2 Å². The largest absolute Gasteiger partial charge is 0.411 e. The van der Waals surface area contributed by atoms with E-state index in [1.807, 2.05) is 0 Å². The molecule has 1 atom stereocenters. The number of hydrogen-bond acceptors (Lipinski definition) is 3. The molecule has 15 heavy (non-hydrogen) atoms. The highest BCUT2D eigenvalue weighted by molar-refractivity contribution is 5.91. The molecule has 1 heterocycles. The molecule has 1 aliphatic heterocycles. The first-order valence-electron chi connectivity index (χ1n) is 4.12. The molecule has 1 unspecified atom stereocenters. The molecule has 0 radical (unpaired) electrons. The number of carbonyl (C=O) groups is 1. The molecule has 0 amide bonds. The number of benzene rings is 1. The molecule has 1 aliphatic rings. The average Bonchev–Trinajstić information content (AvgIpc) is 2.17. The predicted octanol–water partition coefficient (Wildman–Crippen LogP) is 1.97. The predicted molar refractivity (Wildman–Crippen MR) is 43.8 cm³/mol. The molecule has 0 aromatic heterocycles. The highest BCUT2D eigenvalue weighted by atomic mass is 19.4. The molecule has 1 N–H and O–H groups in total. The zero-order chi connectivity index (χ0) is 11.1. The van der Waals surface area contributed by atoms with Crippen LogP contribution in [0.5, 0.6) is 0 Å². The summed E-state index contributed by atoms with van der Waals surface area (Å²) in [7, 11) is 0. The summed E-state index contributed by atoms with van der Waals surface area (Å²) in [5.74, 6) is -0.800. The number of halogens is 3. The topological polar surface area (TPSA) is 38.3 Å². The number of fused-ring (bicyclic) bond motifs is 1. The molecule has 1 aromatic carbocycles. The lowest BCUT2D eigenvalue weighted by atomic mass is 9.99. The number of nitrogens with one attached hydrogen (secondary N) is 1. The zero-order valence-corrected chi connectivity index (χ0v) is 7.34. The number of hydrogen-bond donors (Lipinski definition) is 1. The van der Waals surface area contributed by atoms with Gasteiger partial charge in [-0.15, -0.1) is 5.48 Å². The van der Waals surface area contributed by atoms with Crippen LogP contribution in [0.15, 0.2) is 24.3 Å². The molecule has 1 aromatic rings. The molecule has 0 saturated heterocycles. The van der Waals surface area contributed by atoms with Crippen molar-refractivity contribution >= 4 is 5.97 Å². The number of alkyl halides is 3. The fraction of sp³-hybridized carbons (Fsp3) is 0.222. The minimum Gasteiger partial charge on any atom is -0.366 e. The summed E-state index contributed by atoms with van der Waals surface area (Å²) in [5, 5.41) is 0. The Labute approximate surface area is 82.8 Å². The smallest absolute Gasteiger partial charge is 0.366 e. The highest BCUT2D eigenvalue weighted by Gasteiger charge is 2.45. The van der Waals surface area contributed by atoms with Crippen LogP contribution in [0.4, 0.5) is 13.2 Å². The van der Waals surface area contributed by atoms with E-state index in [4.69, 9.17) is 0 Å². The van der Waals surface area contributed by atoms with Gasteiger partial charge in [-0.1, -0.05) is 18.2 Å². The van der Waals surface area contributed by atoms with E-state index in [-0.39, 0.29) is 11.1 Å².